The number of halogens is 3. The van der Waals surface area contributed by atoms with Crippen molar-refractivity contribution in [3.05, 3.63) is 70.4 Å². The summed E-state index contributed by atoms with van der Waals surface area (Å²) in [5.41, 5.74) is -5.71. The third-order valence-electron chi connectivity index (χ3n) is 9.87. The number of carbonyl (C=O) groups is 4. The third kappa shape index (κ3) is 6.68. The first-order valence-electron chi connectivity index (χ1n) is 16.3. The molecule has 16 heteroatoms. The van der Waals surface area contributed by atoms with Gasteiger partial charge in [-0.25, -0.2) is 4.39 Å². The van der Waals surface area contributed by atoms with E-state index in [1.807, 2.05) is 0 Å². The fourth-order valence-electron chi connectivity index (χ4n) is 7.18. The molecule has 4 atom stereocenters. The van der Waals surface area contributed by atoms with Gasteiger partial charge in [-0.1, -0.05) is 26.8 Å². The van der Waals surface area contributed by atoms with Crippen molar-refractivity contribution in [3.63, 3.8) is 0 Å². The molecule has 0 bridgehead atoms. The number of hydrogen-bond donors (Lipinski definition) is 3. The standard InChI is InChI=1S/C34H38F3N4O7PS/c1-33(2,3)28(38-29(42)27-16-21-15-22(8-11-26(21)50-27)34(36,37)49(46,47)48)32(45)40-13-4-5-24(40)31(44)39-17-20-12-14-41(25(20)18-39)30(43)19-6-9-23(35)10-7-19/h6-11,15-16,20,24-25,28H,4-5,12-14,17-18H2,1-3H3,(H,38,42)(H2,46,47,48)/t20-,24-,25+,28+/m0/s1. The molecule has 0 unspecified atom stereocenters. The second kappa shape index (κ2) is 13.1. The van der Waals surface area contributed by atoms with Crippen LogP contribution in [0.4, 0.5) is 13.2 Å². The van der Waals surface area contributed by atoms with E-state index in [0.29, 0.717) is 49.3 Å². The van der Waals surface area contributed by atoms with Crippen molar-refractivity contribution in [2.75, 3.05) is 26.2 Å². The molecule has 2 aromatic carbocycles. The monoisotopic (exact) mass is 734 g/mol. The Morgan fingerprint density at radius 2 is 1.66 bits per heavy atom. The molecule has 0 spiro atoms. The lowest BCUT2D eigenvalue weighted by atomic mass is 9.85. The highest BCUT2D eigenvalue weighted by molar-refractivity contribution is 7.52. The molecule has 0 radical (unpaired) electrons. The van der Waals surface area contributed by atoms with Crippen LogP contribution in [0.25, 0.3) is 10.1 Å². The Labute approximate surface area is 290 Å². The van der Waals surface area contributed by atoms with E-state index in [0.717, 1.165) is 29.9 Å². The SMILES string of the molecule is CC(C)(C)[C@H](NC(=O)c1cc2cc(C(F)(F)P(=O)(O)O)ccc2s1)C(=O)N1CCC[C@H]1C(=O)N1C[C@@H]2CCN(C(=O)c3ccc(F)cc3)[C@@H]2C1. The van der Waals surface area contributed by atoms with Crippen molar-refractivity contribution in [1.29, 1.82) is 0 Å². The lowest BCUT2D eigenvalue weighted by Crippen LogP contribution is -2.58. The summed E-state index contributed by atoms with van der Waals surface area (Å²) in [5, 5.41) is 2.98. The molecule has 3 aliphatic rings. The zero-order chi connectivity index (χ0) is 36.3. The molecular formula is C34H38F3N4O7PS. The van der Waals surface area contributed by atoms with Gasteiger partial charge in [0.05, 0.1) is 10.9 Å². The van der Waals surface area contributed by atoms with E-state index in [2.05, 4.69) is 5.32 Å². The summed E-state index contributed by atoms with van der Waals surface area (Å²) in [6.07, 6.45) is 1.75. The molecule has 3 fully saturated rings. The lowest BCUT2D eigenvalue weighted by Gasteiger charge is -2.36. The lowest BCUT2D eigenvalue weighted by molar-refractivity contribution is -0.145. The molecule has 3 aliphatic heterocycles. The Morgan fingerprint density at radius 1 is 0.960 bits per heavy atom. The third-order valence-corrected chi connectivity index (χ3v) is 12.0. The summed E-state index contributed by atoms with van der Waals surface area (Å²) >= 11 is 0.979. The van der Waals surface area contributed by atoms with Crippen molar-refractivity contribution in [2.24, 2.45) is 11.3 Å². The van der Waals surface area contributed by atoms with Crippen LogP contribution in [-0.2, 0) is 19.8 Å². The normalized spacial score (nSPS) is 21.8. The highest BCUT2D eigenvalue weighted by atomic mass is 32.1. The van der Waals surface area contributed by atoms with Gasteiger partial charge in [0, 0.05) is 47.9 Å². The number of nitrogens with one attached hydrogen (secondary N) is 1. The molecule has 4 amide bonds. The average molecular weight is 735 g/mol. The molecule has 0 aliphatic carbocycles. The van der Waals surface area contributed by atoms with Crippen LogP contribution in [0.15, 0.2) is 48.5 Å². The van der Waals surface area contributed by atoms with Gasteiger partial charge in [0.1, 0.15) is 17.9 Å². The number of alkyl halides is 2. The molecule has 268 valence electrons. The smallest absolute Gasteiger partial charge is 0.339 e. The van der Waals surface area contributed by atoms with Gasteiger partial charge in [-0.2, -0.15) is 8.78 Å². The maximum atomic E-state index is 14.3. The molecule has 3 saturated heterocycles. The fraction of sp³-hybridized carbons (Fsp3) is 0.471. The molecule has 0 saturated carbocycles. The van der Waals surface area contributed by atoms with Crippen LogP contribution >= 0.6 is 18.9 Å². The van der Waals surface area contributed by atoms with Crippen molar-refractivity contribution in [2.45, 2.75) is 63.8 Å². The Bertz CT molecular complexity index is 1890. The minimum Gasteiger partial charge on any atom is -0.339 e. The van der Waals surface area contributed by atoms with Crippen molar-refractivity contribution in [3.8, 4) is 0 Å². The molecule has 50 heavy (non-hydrogen) atoms. The molecule has 4 heterocycles. The summed E-state index contributed by atoms with van der Waals surface area (Å²) in [6.45, 7) is 6.95. The van der Waals surface area contributed by atoms with Crippen molar-refractivity contribution < 1.29 is 46.7 Å². The predicted molar refractivity (Wildman–Crippen MR) is 179 cm³/mol. The maximum absolute atomic E-state index is 14.3. The second-order valence-electron chi connectivity index (χ2n) is 14.3. The molecule has 11 nitrogen and oxygen atoms in total. The van der Waals surface area contributed by atoms with Crippen molar-refractivity contribution >= 4 is 52.6 Å². The fourth-order valence-corrected chi connectivity index (χ4v) is 8.60. The van der Waals surface area contributed by atoms with Crippen LogP contribution < -0.4 is 5.32 Å². The minimum absolute atomic E-state index is 0.0796. The van der Waals surface area contributed by atoms with Gasteiger partial charge in [0.15, 0.2) is 0 Å². The zero-order valence-electron chi connectivity index (χ0n) is 27.6. The Kier molecular flexibility index (Phi) is 9.42. The van der Waals surface area contributed by atoms with E-state index in [4.69, 9.17) is 9.79 Å². The summed E-state index contributed by atoms with van der Waals surface area (Å²) in [6, 6.07) is 7.80. The number of nitrogens with zero attached hydrogens (tertiary/aromatic N) is 3. The Balaban J connectivity index is 1.15. The van der Waals surface area contributed by atoms with Crippen LogP contribution in [0.3, 0.4) is 0 Å². The van der Waals surface area contributed by atoms with Gasteiger partial charge in [-0.05, 0) is 72.5 Å². The first-order valence-corrected chi connectivity index (χ1v) is 18.7. The highest BCUT2D eigenvalue weighted by Crippen LogP contribution is 2.59. The Morgan fingerprint density at radius 3 is 2.32 bits per heavy atom. The predicted octanol–water partition coefficient (Wildman–Crippen LogP) is 4.78. The van der Waals surface area contributed by atoms with Gasteiger partial charge >= 0.3 is 13.3 Å². The summed E-state index contributed by atoms with van der Waals surface area (Å²) in [5.74, 6) is -1.86. The average Bonchev–Trinajstić information content (AvgIpc) is 3.85. The maximum Gasteiger partial charge on any atom is 0.399 e. The van der Waals surface area contributed by atoms with E-state index < -0.39 is 54.0 Å². The van der Waals surface area contributed by atoms with Crippen LogP contribution in [0.2, 0.25) is 0 Å². The van der Waals surface area contributed by atoms with Gasteiger partial charge in [0.2, 0.25) is 11.8 Å². The van der Waals surface area contributed by atoms with Crippen LogP contribution in [0.5, 0.6) is 0 Å². The van der Waals surface area contributed by atoms with Crippen LogP contribution in [0, 0.1) is 17.2 Å². The van der Waals surface area contributed by atoms with E-state index in [1.165, 1.54) is 41.3 Å². The van der Waals surface area contributed by atoms with Crippen molar-refractivity contribution in [1.82, 2.24) is 20.0 Å². The van der Waals surface area contributed by atoms with Gasteiger partial charge < -0.3 is 29.8 Å². The van der Waals surface area contributed by atoms with Crippen LogP contribution in [-0.4, -0.2) is 92.4 Å². The van der Waals surface area contributed by atoms with Gasteiger partial charge in [0.25, 0.3) is 11.8 Å². The molecule has 1 aromatic heterocycles. The highest BCUT2D eigenvalue weighted by Gasteiger charge is 2.51. The van der Waals surface area contributed by atoms with Gasteiger partial charge in [-0.3, -0.25) is 23.7 Å². The van der Waals surface area contributed by atoms with E-state index in [1.54, 1.807) is 30.6 Å². The number of amides is 4. The largest absolute Gasteiger partial charge is 0.399 e. The Hall–Kier alpha value is -3.78. The number of hydrogen-bond acceptors (Lipinski definition) is 6. The number of carbonyl (C=O) groups excluding carboxylic acids is 4. The van der Waals surface area contributed by atoms with E-state index in [-0.39, 0.29) is 34.0 Å². The van der Waals surface area contributed by atoms with Gasteiger partial charge in [-0.15, -0.1) is 11.3 Å². The number of fused-ring (bicyclic) bond motifs is 2. The number of rotatable bonds is 7. The topological polar surface area (TPSA) is 148 Å². The van der Waals surface area contributed by atoms with E-state index >= 15 is 0 Å². The minimum atomic E-state index is -5.79. The molecule has 3 aromatic rings. The summed E-state index contributed by atoms with van der Waals surface area (Å²) in [4.78, 5) is 78.1. The molecular weight excluding hydrogens is 696 g/mol. The molecule has 6 rings (SSSR count). The first-order chi connectivity index (χ1) is 23.4. The summed E-state index contributed by atoms with van der Waals surface area (Å²) < 4.78 is 53.9. The summed E-state index contributed by atoms with van der Waals surface area (Å²) in [7, 11) is -5.79. The van der Waals surface area contributed by atoms with E-state index in [9.17, 15) is 36.9 Å². The number of thiophene rings is 1. The number of likely N-dealkylation sites (tertiary alicyclic amines) is 3. The second-order valence-corrected chi connectivity index (χ2v) is 17.0. The van der Waals surface area contributed by atoms with Crippen LogP contribution in [0.1, 0.15) is 65.6 Å². The molecule has 3 N–H and O–H groups in total. The first kappa shape index (κ1) is 36.0. The zero-order valence-corrected chi connectivity index (χ0v) is 29.4. The number of benzene rings is 2. The quantitative estimate of drug-likeness (QED) is 0.296.